The molecule has 0 bridgehead atoms. The first-order chi connectivity index (χ1) is 10.3. The van der Waals surface area contributed by atoms with Gasteiger partial charge >= 0.3 is 0 Å². The minimum absolute atomic E-state index is 0.216. The van der Waals surface area contributed by atoms with Crippen LogP contribution in [-0.2, 0) is 18.0 Å². The maximum atomic E-state index is 5.50. The van der Waals surface area contributed by atoms with Crippen molar-refractivity contribution in [2.45, 2.75) is 18.0 Å². The first-order valence-corrected chi connectivity index (χ1v) is 8.05. The van der Waals surface area contributed by atoms with Crippen LogP contribution in [0.15, 0.2) is 60.7 Å². The van der Waals surface area contributed by atoms with Gasteiger partial charge in [-0.05, 0) is 39.1 Å². The van der Waals surface area contributed by atoms with E-state index in [-0.39, 0.29) is 4.83 Å². The van der Waals surface area contributed by atoms with Crippen molar-refractivity contribution in [2.75, 3.05) is 0 Å². The fraction of sp³-hybridized carbons (Fsp3) is 0.158. The topological polar surface area (TPSA) is 9.23 Å². The molecule has 3 aromatic rings. The highest BCUT2D eigenvalue weighted by Crippen LogP contribution is 2.34. The van der Waals surface area contributed by atoms with E-state index in [1.165, 1.54) is 33.0 Å². The average Bonchev–Trinajstić information content (AvgIpc) is 3.01. The van der Waals surface area contributed by atoms with E-state index >= 15 is 0 Å². The zero-order valence-electron chi connectivity index (χ0n) is 11.6. The number of halogens is 1. The van der Waals surface area contributed by atoms with Crippen molar-refractivity contribution in [1.82, 2.24) is 0 Å². The van der Waals surface area contributed by atoms with Crippen molar-refractivity contribution in [3.8, 4) is 0 Å². The summed E-state index contributed by atoms with van der Waals surface area (Å²) in [7, 11) is 0. The lowest BCUT2D eigenvalue weighted by Crippen LogP contribution is -1.95. The summed E-state index contributed by atoms with van der Waals surface area (Å²) < 4.78 is 5.50. The zero-order valence-corrected chi connectivity index (χ0v) is 13.1. The predicted octanol–water partition coefficient (Wildman–Crippen LogP) is 5.35. The molecule has 0 amide bonds. The number of hydrogen-bond donors (Lipinski definition) is 0. The van der Waals surface area contributed by atoms with E-state index in [9.17, 15) is 0 Å². The maximum Gasteiger partial charge on any atom is 0.0725 e. The highest BCUT2D eigenvalue weighted by Gasteiger charge is 2.16. The van der Waals surface area contributed by atoms with E-state index in [1.54, 1.807) is 0 Å². The van der Waals surface area contributed by atoms with Crippen LogP contribution in [0, 0.1) is 0 Å². The smallest absolute Gasteiger partial charge is 0.0725 e. The van der Waals surface area contributed by atoms with Gasteiger partial charge in [-0.3, -0.25) is 0 Å². The van der Waals surface area contributed by atoms with Crippen LogP contribution in [0.2, 0.25) is 0 Å². The first-order valence-electron chi connectivity index (χ1n) is 7.13. The second kappa shape index (κ2) is 5.28. The molecule has 4 rings (SSSR count). The molecule has 0 radical (unpaired) electrons. The molecule has 0 aliphatic carbocycles. The number of benzene rings is 3. The highest BCUT2D eigenvalue weighted by molar-refractivity contribution is 9.09. The lowest BCUT2D eigenvalue weighted by Gasteiger charge is -2.13. The predicted molar refractivity (Wildman–Crippen MR) is 89.7 cm³/mol. The van der Waals surface area contributed by atoms with Crippen LogP contribution in [-0.4, -0.2) is 0 Å². The number of alkyl halides is 1. The van der Waals surface area contributed by atoms with Crippen molar-refractivity contribution in [1.29, 1.82) is 0 Å². The third-order valence-electron chi connectivity index (χ3n) is 4.10. The molecule has 1 nitrogen and oxygen atoms in total. The summed E-state index contributed by atoms with van der Waals surface area (Å²) in [5.74, 6) is 0. The Labute approximate surface area is 132 Å². The summed E-state index contributed by atoms with van der Waals surface area (Å²) >= 11 is 3.85. The third-order valence-corrected chi connectivity index (χ3v) is 5.16. The number of hydrogen-bond acceptors (Lipinski definition) is 1. The molecule has 3 aromatic carbocycles. The first kappa shape index (κ1) is 13.1. The minimum Gasteiger partial charge on any atom is -0.372 e. The Morgan fingerprint density at radius 3 is 2.38 bits per heavy atom. The fourth-order valence-electron chi connectivity index (χ4n) is 2.91. The maximum absolute atomic E-state index is 5.50. The summed E-state index contributed by atoms with van der Waals surface area (Å²) in [5, 5.41) is 2.56. The van der Waals surface area contributed by atoms with Crippen molar-refractivity contribution in [3.63, 3.8) is 0 Å². The van der Waals surface area contributed by atoms with Gasteiger partial charge in [-0.2, -0.15) is 0 Å². The van der Waals surface area contributed by atoms with Gasteiger partial charge in [0.25, 0.3) is 0 Å². The fourth-order valence-corrected chi connectivity index (χ4v) is 3.48. The minimum atomic E-state index is 0.216. The molecular formula is C19H15BrO. The highest BCUT2D eigenvalue weighted by atomic mass is 79.9. The lowest BCUT2D eigenvalue weighted by molar-refractivity contribution is 0.134. The largest absolute Gasteiger partial charge is 0.372 e. The van der Waals surface area contributed by atoms with Crippen molar-refractivity contribution >= 4 is 26.7 Å². The van der Waals surface area contributed by atoms with Gasteiger partial charge in [0.1, 0.15) is 0 Å². The molecule has 0 spiro atoms. The molecule has 0 saturated heterocycles. The van der Waals surface area contributed by atoms with Crippen LogP contribution in [0.1, 0.15) is 27.1 Å². The summed E-state index contributed by atoms with van der Waals surface area (Å²) in [6.07, 6.45) is 0. The average molecular weight is 339 g/mol. The summed E-state index contributed by atoms with van der Waals surface area (Å²) in [6.45, 7) is 1.49. The van der Waals surface area contributed by atoms with Crippen LogP contribution in [0.4, 0.5) is 0 Å². The molecule has 1 atom stereocenters. The SMILES string of the molecule is BrC(c1ccc2c(c1)COC2)c1ccc2ccccc2c1. The molecule has 0 fully saturated rings. The van der Waals surface area contributed by atoms with Gasteiger partial charge in [0, 0.05) is 0 Å². The van der Waals surface area contributed by atoms with E-state index in [1.807, 2.05) is 0 Å². The number of fused-ring (bicyclic) bond motifs is 2. The molecule has 0 saturated carbocycles. The van der Waals surface area contributed by atoms with E-state index < -0.39 is 0 Å². The lowest BCUT2D eigenvalue weighted by atomic mass is 9.98. The van der Waals surface area contributed by atoms with Crippen molar-refractivity contribution < 1.29 is 4.74 Å². The van der Waals surface area contributed by atoms with E-state index in [0.717, 1.165) is 13.2 Å². The van der Waals surface area contributed by atoms with Gasteiger partial charge in [-0.15, -0.1) is 0 Å². The van der Waals surface area contributed by atoms with Crippen LogP contribution < -0.4 is 0 Å². The Kier molecular flexibility index (Phi) is 3.28. The molecule has 1 aliphatic rings. The molecule has 1 heterocycles. The molecule has 0 N–H and O–H groups in total. The Morgan fingerprint density at radius 2 is 1.48 bits per heavy atom. The summed E-state index contributed by atoms with van der Waals surface area (Å²) in [4.78, 5) is 0.216. The molecule has 104 valence electrons. The van der Waals surface area contributed by atoms with Crippen LogP contribution >= 0.6 is 15.9 Å². The number of ether oxygens (including phenoxy) is 1. The summed E-state index contributed by atoms with van der Waals surface area (Å²) in [6, 6.07) is 21.8. The monoisotopic (exact) mass is 338 g/mol. The van der Waals surface area contributed by atoms with Gasteiger partial charge in [-0.1, -0.05) is 70.5 Å². The van der Waals surface area contributed by atoms with Crippen LogP contribution in [0.3, 0.4) is 0 Å². The van der Waals surface area contributed by atoms with Crippen molar-refractivity contribution in [2.24, 2.45) is 0 Å². The number of rotatable bonds is 2. The van der Waals surface area contributed by atoms with E-state index in [0.29, 0.717) is 0 Å². The molecule has 1 unspecified atom stereocenters. The van der Waals surface area contributed by atoms with E-state index in [2.05, 4.69) is 76.6 Å². The van der Waals surface area contributed by atoms with Gasteiger partial charge in [-0.25, -0.2) is 0 Å². The van der Waals surface area contributed by atoms with Gasteiger partial charge in [0.05, 0.1) is 18.0 Å². The van der Waals surface area contributed by atoms with Crippen LogP contribution in [0.25, 0.3) is 10.8 Å². The standard InChI is InChI=1S/C19H15BrO/c20-19(16-7-8-17-11-21-12-18(17)10-16)15-6-5-13-3-1-2-4-14(13)9-15/h1-10,19H,11-12H2. The second-order valence-electron chi connectivity index (χ2n) is 5.49. The zero-order chi connectivity index (χ0) is 14.2. The quantitative estimate of drug-likeness (QED) is 0.572. The second-order valence-corrected chi connectivity index (χ2v) is 6.41. The Bertz CT molecular complexity index is 810. The van der Waals surface area contributed by atoms with Gasteiger partial charge < -0.3 is 4.74 Å². The van der Waals surface area contributed by atoms with Crippen LogP contribution in [0.5, 0.6) is 0 Å². The van der Waals surface area contributed by atoms with Crippen molar-refractivity contribution in [3.05, 3.63) is 82.9 Å². The van der Waals surface area contributed by atoms with Gasteiger partial charge in [0.2, 0.25) is 0 Å². The summed E-state index contributed by atoms with van der Waals surface area (Å²) in [5.41, 5.74) is 5.21. The Hall–Kier alpha value is -1.64. The molecule has 21 heavy (non-hydrogen) atoms. The molecule has 2 heteroatoms. The molecule has 0 aromatic heterocycles. The molecule has 1 aliphatic heterocycles. The Morgan fingerprint density at radius 1 is 0.762 bits per heavy atom. The Balaban J connectivity index is 1.73. The molecular weight excluding hydrogens is 324 g/mol. The third kappa shape index (κ3) is 2.39. The van der Waals surface area contributed by atoms with Gasteiger partial charge in [0.15, 0.2) is 0 Å². The normalized spacial score (nSPS) is 15.1. The van der Waals surface area contributed by atoms with E-state index in [4.69, 9.17) is 4.74 Å².